The summed E-state index contributed by atoms with van der Waals surface area (Å²) in [4.78, 5) is 66.5. The minimum absolute atomic E-state index is 0.0621. The van der Waals surface area contributed by atoms with Crippen molar-refractivity contribution in [3.05, 3.63) is 43.2 Å². The summed E-state index contributed by atoms with van der Waals surface area (Å²) in [5, 5.41) is 2.74. The highest BCUT2D eigenvalue weighted by molar-refractivity contribution is 7.18. The van der Waals surface area contributed by atoms with Crippen LogP contribution in [0.25, 0.3) is 11.2 Å². The van der Waals surface area contributed by atoms with E-state index in [2.05, 4.69) is 10.3 Å². The van der Waals surface area contributed by atoms with Crippen LogP contribution in [0, 0.1) is 6.92 Å². The molecule has 0 bridgehead atoms. The second kappa shape index (κ2) is 9.40. The van der Waals surface area contributed by atoms with Crippen molar-refractivity contribution < 1.29 is 23.9 Å². The third-order valence-corrected chi connectivity index (χ3v) is 6.06. The normalized spacial score (nSPS) is 10.9. The number of hydrogen-bond acceptors (Lipinski definition) is 9. The average Bonchev–Trinajstić information content (AvgIpc) is 3.32. The first-order chi connectivity index (χ1) is 15.6. The van der Waals surface area contributed by atoms with E-state index in [0.29, 0.717) is 5.56 Å². The monoisotopic (exact) mass is 477 g/mol. The Hall–Kier alpha value is -3.74. The van der Waals surface area contributed by atoms with Gasteiger partial charge < -0.3 is 19.4 Å². The Morgan fingerprint density at radius 2 is 1.70 bits per heavy atom. The highest BCUT2D eigenvalue weighted by Crippen LogP contribution is 2.34. The van der Waals surface area contributed by atoms with Gasteiger partial charge in [0, 0.05) is 14.1 Å². The number of imidazole rings is 1. The standard InChI is InChI=1S/C20H23N5O7S/c1-6-31-18(28)12-10(3)14(19(29)32-7-2)33-16(12)22-11(26)8-25-9-21-15-13(25)17(27)24(5)20(30)23(15)4/h9H,6-8H2,1-5H3,(H,22,26). The van der Waals surface area contributed by atoms with Gasteiger partial charge in [0.1, 0.15) is 16.4 Å². The number of nitrogens with one attached hydrogen (secondary N) is 1. The second-order valence-electron chi connectivity index (χ2n) is 7.00. The molecule has 0 aromatic carbocycles. The molecule has 13 heteroatoms. The van der Waals surface area contributed by atoms with Crippen LogP contribution in [0.15, 0.2) is 15.9 Å². The summed E-state index contributed by atoms with van der Waals surface area (Å²) < 4.78 is 13.5. The Labute approximate surface area is 191 Å². The molecule has 3 aromatic heterocycles. The number of aryl methyl sites for hydroxylation is 1. The van der Waals surface area contributed by atoms with Gasteiger partial charge in [-0.2, -0.15) is 0 Å². The van der Waals surface area contributed by atoms with Crippen LogP contribution < -0.4 is 16.6 Å². The number of carbonyl (C=O) groups excluding carboxylic acids is 3. The molecule has 0 saturated heterocycles. The largest absolute Gasteiger partial charge is 0.462 e. The zero-order valence-electron chi connectivity index (χ0n) is 18.8. The van der Waals surface area contributed by atoms with E-state index in [1.165, 1.54) is 29.6 Å². The molecule has 176 valence electrons. The fourth-order valence-corrected chi connectivity index (χ4v) is 4.38. The molecule has 0 aliphatic heterocycles. The molecule has 0 aliphatic rings. The second-order valence-corrected chi connectivity index (χ2v) is 8.02. The molecule has 1 N–H and O–H groups in total. The number of hydrogen-bond donors (Lipinski definition) is 1. The highest BCUT2D eigenvalue weighted by Gasteiger charge is 2.27. The van der Waals surface area contributed by atoms with Crippen molar-refractivity contribution in [2.75, 3.05) is 18.5 Å². The molecular formula is C20H23N5O7S. The van der Waals surface area contributed by atoms with E-state index in [9.17, 15) is 24.0 Å². The van der Waals surface area contributed by atoms with Crippen molar-refractivity contribution in [1.82, 2.24) is 18.7 Å². The van der Waals surface area contributed by atoms with Crippen LogP contribution in [-0.4, -0.2) is 49.7 Å². The molecule has 33 heavy (non-hydrogen) atoms. The number of esters is 2. The van der Waals surface area contributed by atoms with Gasteiger partial charge in [0.15, 0.2) is 11.2 Å². The molecule has 0 spiro atoms. The molecule has 0 fully saturated rings. The van der Waals surface area contributed by atoms with Crippen molar-refractivity contribution in [3.63, 3.8) is 0 Å². The van der Waals surface area contributed by atoms with E-state index >= 15 is 0 Å². The third kappa shape index (κ3) is 4.31. The highest BCUT2D eigenvalue weighted by atomic mass is 32.1. The quantitative estimate of drug-likeness (QED) is 0.492. The maximum atomic E-state index is 12.8. The van der Waals surface area contributed by atoms with Gasteiger partial charge in [0.2, 0.25) is 5.91 Å². The van der Waals surface area contributed by atoms with E-state index in [4.69, 9.17) is 9.47 Å². The maximum Gasteiger partial charge on any atom is 0.348 e. The summed E-state index contributed by atoms with van der Waals surface area (Å²) in [7, 11) is 2.80. The molecule has 0 saturated carbocycles. The lowest BCUT2D eigenvalue weighted by Crippen LogP contribution is -2.37. The van der Waals surface area contributed by atoms with Crippen LogP contribution in [0.2, 0.25) is 0 Å². The fraction of sp³-hybridized carbons (Fsp3) is 0.400. The number of nitrogens with zero attached hydrogens (tertiary/aromatic N) is 4. The first-order valence-electron chi connectivity index (χ1n) is 10.0. The van der Waals surface area contributed by atoms with Crippen LogP contribution >= 0.6 is 11.3 Å². The Morgan fingerprint density at radius 3 is 2.33 bits per heavy atom. The van der Waals surface area contributed by atoms with Crippen molar-refractivity contribution >= 4 is 45.3 Å². The molecular weight excluding hydrogens is 454 g/mol. The molecule has 12 nitrogen and oxygen atoms in total. The number of fused-ring (bicyclic) bond motifs is 1. The van der Waals surface area contributed by atoms with Crippen LogP contribution in [0.1, 0.15) is 39.4 Å². The number of carbonyl (C=O) groups is 3. The van der Waals surface area contributed by atoms with Crippen molar-refractivity contribution in [2.24, 2.45) is 14.1 Å². The minimum Gasteiger partial charge on any atom is -0.462 e. The third-order valence-electron chi connectivity index (χ3n) is 4.87. The summed E-state index contributed by atoms with van der Waals surface area (Å²) in [5.74, 6) is -1.88. The van der Waals surface area contributed by atoms with Gasteiger partial charge in [0.25, 0.3) is 5.56 Å². The van der Waals surface area contributed by atoms with Gasteiger partial charge in [-0.15, -0.1) is 11.3 Å². The van der Waals surface area contributed by atoms with E-state index in [1.807, 2.05) is 0 Å². The van der Waals surface area contributed by atoms with Crippen LogP contribution in [0.5, 0.6) is 0 Å². The van der Waals surface area contributed by atoms with Gasteiger partial charge in [0.05, 0.1) is 25.1 Å². The maximum absolute atomic E-state index is 12.8. The Balaban J connectivity index is 1.97. The summed E-state index contributed by atoms with van der Waals surface area (Å²) in [6.45, 7) is 4.81. The zero-order chi connectivity index (χ0) is 24.4. The summed E-state index contributed by atoms with van der Waals surface area (Å²) >= 11 is 0.899. The molecule has 0 radical (unpaired) electrons. The van der Waals surface area contributed by atoms with Gasteiger partial charge in [-0.25, -0.2) is 19.4 Å². The van der Waals surface area contributed by atoms with Crippen molar-refractivity contribution in [3.8, 4) is 0 Å². The van der Waals surface area contributed by atoms with E-state index < -0.39 is 29.1 Å². The van der Waals surface area contributed by atoms with Crippen LogP contribution in [0.4, 0.5) is 5.00 Å². The number of thiophene rings is 1. The molecule has 0 unspecified atom stereocenters. The van der Waals surface area contributed by atoms with Gasteiger partial charge in [-0.05, 0) is 26.3 Å². The first kappa shape index (κ1) is 23.9. The van der Waals surface area contributed by atoms with Gasteiger partial charge in [-0.1, -0.05) is 0 Å². The number of aromatic nitrogens is 4. The van der Waals surface area contributed by atoms with Gasteiger partial charge in [-0.3, -0.25) is 18.7 Å². The lowest BCUT2D eigenvalue weighted by molar-refractivity contribution is -0.116. The van der Waals surface area contributed by atoms with Crippen LogP contribution in [0.3, 0.4) is 0 Å². The number of anilines is 1. The van der Waals surface area contributed by atoms with Crippen LogP contribution in [-0.2, 0) is 34.9 Å². The Morgan fingerprint density at radius 1 is 1.06 bits per heavy atom. The number of rotatable bonds is 7. The molecule has 3 heterocycles. The topological polar surface area (TPSA) is 144 Å². The van der Waals surface area contributed by atoms with E-state index in [1.54, 1.807) is 20.8 Å². The SMILES string of the molecule is CCOC(=O)c1sc(NC(=O)Cn2cnc3c2c(=O)n(C)c(=O)n3C)c(C(=O)OCC)c1C. The fourth-order valence-electron chi connectivity index (χ4n) is 3.28. The summed E-state index contributed by atoms with van der Waals surface area (Å²) in [6, 6.07) is 0. The zero-order valence-corrected chi connectivity index (χ0v) is 19.6. The minimum atomic E-state index is -0.686. The smallest absolute Gasteiger partial charge is 0.348 e. The predicted molar refractivity (Wildman–Crippen MR) is 120 cm³/mol. The average molecular weight is 477 g/mol. The first-order valence-corrected chi connectivity index (χ1v) is 10.8. The number of ether oxygens (including phenoxy) is 2. The predicted octanol–water partition coefficient (Wildman–Crippen LogP) is 0.796. The molecule has 3 aromatic rings. The lowest BCUT2D eigenvalue weighted by atomic mass is 10.1. The molecule has 1 amide bonds. The Bertz CT molecular complexity index is 1380. The molecule has 3 rings (SSSR count). The summed E-state index contributed by atoms with van der Waals surface area (Å²) in [6.07, 6.45) is 1.28. The summed E-state index contributed by atoms with van der Waals surface area (Å²) in [5.41, 5.74) is -0.519. The van der Waals surface area contributed by atoms with Crippen molar-refractivity contribution in [2.45, 2.75) is 27.3 Å². The Kier molecular flexibility index (Phi) is 6.81. The van der Waals surface area contributed by atoms with Gasteiger partial charge >= 0.3 is 17.6 Å². The number of amides is 1. The lowest BCUT2D eigenvalue weighted by Gasteiger charge is -2.09. The molecule has 0 atom stereocenters. The van der Waals surface area contributed by atoms with E-state index in [-0.39, 0.29) is 46.4 Å². The van der Waals surface area contributed by atoms with Crippen molar-refractivity contribution in [1.29, 1.82) is 0 Å². The molecule has 0 aliphatic carbocycles. The van der Waals surface area contributed by atoms with E-state index in [0.717, 1.165) is 15.9 Å².